The number of aliphatic carboxylic acids is 1. The molecule has 0 aromatic carbocycles. The summed E-state index contributed by atoms with van der Waals surface area (Å²) >= 11 is 0. The first-order valence-electron chi connectivity index (χ1n) is 7.73. The maximum Gasteiger partial charge on any atom is 0.309 e. The molecule has 0 aromatic rings. The Bertz CT molecular complexity index is 250. The second-order valence-corrected chi connectivity index (χ2v) is 6.60. The fourth-order valence-electron chi connectivity index (χ4n) is 3.35. The smallest absolute Gasteiger partial charge is 0.309 e. The van der Waals surface area contributed by atoms with E-state index in [0.29, 0.717) is 5.92 Å². The number of hydrogen-bond acceptors (Lipinski definition) is 1. The van der Waals surface area contributed by atoms with Crippen molar-refractivity contribution in [2.75, 3.05) is 0 Å². The maximum absolute atomic E-state index is 11.6. The summed E-state index contributed by atoms with van der Waals surface area (Å²) in [6, 6.07) is 0. The van der Waals surface area contributed by atoms with Crippen LogP contribution in [0.15, 0.2) is 0 Å². The van der Waals surface area contributed by atoms with Crippen molar-refractivity contribution in [3.8, 4) is 0 Å². The van der Waals surface area contributed by atoms with Gasteiger partial charge in [0.15, 0.2) is 0 Å². The van der Waals surface area contributed by atoms with Crippen LogP contribution in [0.2, 0.25) is 0 Å². The van der Waals surface area contributed by atoms with Crippen LogP contribution in [0.1, 0.15) is 78.6 Å². The van der Waals surface area contributed by atoms with Gasteiger partial charge in [-0.2, -0.15) is 0 Å². The number of rotatable bonds is 7. The summed E-state index contributed by atoms with van der Waals surface area (Å²) in [5, 5.41) is 9.57. The van der Waals surface area contributed by atoms with Gasteiger partial charge in [0.25, 0.3) is 0 Å². The van der Waals surface area contributed by atoms with Gasteiger partial charge in [0.05, 0.1) is 5.41 Å². The average molecular weight is 254 g/mol. The van der Waals surface area contributed by atoms with Crippen LogP contribution in [0.25, 0.3) is 0 Å². The third-order valence-electron chi connectivity index (χ3n) is 4.65. The molecule has 1 aliphatic rings. The van der Waals surface area contributed by atoms with Crippen LogP contribution in [0.5, 0.6) is 0 Å². The van der Waals surface area contributed by atoms with Gasteiger partial charge in [0.1, 0.15) is 0 Å². The Balaban J connectivity index is 2.48. The molecule has 0 saturated heterocycles. The minimum absolute atomic E-state index is 0.390. The summed E-state index contributed by atoms with van der Waals surface area (Å²) in [6.45, 7) is 6.65. The molecule has 0 aliphatic heterocycles. The van der Waals surface area contributed by atoms with Crippen LogP contribution < -0.4 is 0 Å². The molecule has 0 unspecified atom stereocenters. The van der Waals surface area contributed by atoms with Crippen molar-refractivity contribution in [2.24, 2.45) is 17.3 Å². The van der Waals surface area contributed by atoms with E-state index in [1.807, 2.05) is 0 Å². The molecular formula is C16H30O2. The summed E-state index contributed by atoms with van der Waals surface area (Å²) in [7, 11) is 0. The van der Waals surface area contributed by atoms with Crippen LogP contribution in [-0.4, -0.2) is 11.1 Å². The molecule has 0 spiro atoms. The third kappa shape index (κ3) is 4.29. The van der Waals surface area contributed by atoms with Gasteiger partial charge in [-0.05, 0) is 43.9 Å². The van der Waals surface area contributed by atoms with E-state index < -0.39 is 5.97 Å². The summed E-state index contributed by atoms with van der Waals surface area (Å²) in [5.41, 5.74) is -0.390. The minimum Gasteiger partial charge on any atom is -0.481 e. The van der Waals surface area contributed by atoms with Gasteiger partial charge >= 0.3 is 5.97 Å². The van der Waals surface area contributed by atoms with Gasteiger partial charge in [-0.25, -0.2) is 0 Å². The Morgan fingerprint density at radius 1 is 1.33 bits per heavy atom. The molecule has 2 nitrogen and oxygen atoms in total. The SMILES string of the molecule is CCCC1CCC(CCCC(C)C)(C(=O)O)CC1. The van der Waals surface area contributed by atoms with Crippen LogP contribution in [0.4, 0.5) is 0 Å². The van der Waals surface area contributed by atoms with Gasteiger partial charge in [0.2, 0.25) is 0 Å². The number of hydrogen-bond donors (Lipinski definition) is 1. The molecule has 0 bridgehead atoms. The number of carbonyl (C=O) groups is 1. The van der Waals surface area contributed by atoms with E-state index in [4.69, 9.17) is 0 Å². The van der Waals surface area contributed by atoms with Crippen molar-refractivity contribution >= 4 is 5.97 Å². The Morgan fingerprint density at radius 2 is 1.94 bits per heavy atom. The van der Waals surface area contributed by atoms with Crippen LogP contribution in [0.3, 0.4) is 0 Å². The third-order valence-corrected chi connectivity index (χ3v) is 4.65. The van der Waals surface area contributed by atoms with Crippen molar-refractivity contribution < 1.29 is 9.90 Å². The largest absolute Gasteiger partial charge is 0.481 e. The lowest BCUT2D eigenvalue weighted by atomic mass is 9.67. The van der Waals surface area contributed by atoms with E-state index in [1.165, 1.54) is 12.8 Å². The topological polar surface area (TPSA) is 37.3 Å². The molecule has 1 aliphatic carbocycles. The van der Waals surface area contributed by atoms with Crippen molar-refractivity contribution in [2.45, 2.75) is 78.6 Å². The molecule has 0 aromatic heterocycles. The molecule has 2 heteroatoms. The molecule has 18 heavy (non-hydrogen) atoms. The minimum atomic E-state index is -0.541. The monoisotopic (exact) mass is 254 g/mol. The number of carboxylic acids is 1. The molecule has 0 heterocycles. The molecule has 106 valence electrons. The molecule has 0 amide bonds. The van der Waals surface area contributed by atoms with E-state index in [-0.39, 0.29) is 5.41 Å². The summed E-state index contributed by atoms with van der Waals surface area (Å²) < 4.78 is 0. The molecule has 0 radical (unpaired) electrons. The predicted molar refractivity (Wildman–Crippen MR) is 75.6 cm³/mol. The van der Waals surface area contributed by atoms with Gasteiger partial charge < -0.3 is 5.11 Å². The standard InChI is InChI=1S/C16H30O2/c1-4-6-14-8-11-16(12-9-14,15(17)18)10-5-7-13(2)3/h13-14H,4-12H2,1-3H3,(H,17,18). The highest BCUT2D eigenvalue weighted by atomic mass is 16.4. The lowest BCUT2D eigenvalue weighted by Gasteiger charge is -2.37. The van der Waals surface area contributed by atoms with E-state index in [0.717, 1.165) is 50.9 Å². The zero-order valence-electron chi connectivity index (χ0n) is 12.4. The molecule has 1 N–H and O–H groups in total. The second kappa shape index (κ2) is 7.16. The van der Waals surface area contributed by atoms with Crippen molar-refractivity contribution in [1.29, 1.82) is 0 Å². The van der Waals surface area contributed by atoms with Crippen LogP contribution >= 0.6 is 0 Å². The lowest BCUT2D eigenvalue weighted by Crippen LogP contribution is -2.35. The van der Waals surface area contributed by atoms with Crippen molar-refractivity contribution in [1.82, 2.24) is 0 Å². The Hall–Kier alpha value is -0.530. The molecule has 1 rings (SSSR count). The van der Waals surface area contributed by atoms with E-state index >= 15 is 0 Å². The summed E-state index contributed by atoms with van der Waals surface area (Å²) in [6.07, 6.45) is 9.70. The quantitative estimate of drug-likeness (QED) is 0.703. The highest BCUT2D eigenvalue weighted by molar-refractivity contribution is 5.74. The zero-order valence-corrected chi connectivity index (χ0v) is 12.4. The van der Waals surface area contributed by atoms with Gasteiger partial charge in [-0.15, -0.1) is 0 Å². The average Bonchev–Trinajstić information content (AvgIpc) is 2.31. The summed E-state index contributed by atoms with van der Waals surface area (Å²) in [4.78, 5) is 11.6. The first kappa shape index (κ1) is 15.5. The Labute approximate surface area is 112 Å². The number of carboxylic acid groups (broad SMARTS) is 1. The highest BCUT2D eigenvalue weighted by Crippen LogP contribution is 2.44. The second-order valence-electron chi connectivity index (χ2n) is 6.60. The van der Waals surface area contributed by atoms with Gasteiger partial charge in [0, 0.05) is 0 Å². The fraction of sp³-hybridized carbons (Fsp3) is 0.938. The maximum atomic E-state index is 11.6. The van der Waals surface area contributed by atoms with Crippen LogP contribution in [0, 0.1) is 17.3 Å². The first-order chi connectivity index (χ1) is 8.50. The molecule has 1 fully saturated rings. The van der Waals surface area contributed by atoms with E-state index in [1.54, 1.807) is 0 Å². The van der Waals surface area contributed by atoms with E-state index in [9.17, 15) is 9.90 Å². The van der Waals surface area contributed by atoms with Gasteiger partial charge in [-0.1, -0.05) is 46.5 Å². The molecular weight excluding hydrogens is 224 g/mol. The lowest BCUT2D eigenvalue weighted by molar-refractivity contribution is -0.152. The first-order valence-corrected chi connectivity index (χ1v) is 7.73. The normalized spacial score (nSPS) is 28.6. The Morgan fingerprint density at radius 3 is 2.39 bits per heavy atom. The van der Waals surface area contributed by atoms with Crippen LogP contribution in [-0.2, 0) is 4.79 Å². The molecule has 1 saturated carbocycles. The molecule has 0 atom stereocenters. The van der Waals surface area contributed by atoms with Gasteiger partial charge in [-0.3, -0.25) is 4.79 Å². The van der Waals surface area contributed by atoms with Crippen molar-refractivity contribution in [3.05, 3.63) is 0 Å². The zero-order chi connectivity index (χ0) is 13.6. The van der Waals surface area contributed by atoms with E-state index in [2.05, 4.69) is 20.8 Å². The summed E-state index contributed by atoms with van der Waals surface area (Å²) in [5.74, 6) is 0.932. The Kier molecular flexibility index (Phi) is 6.17. The predicted octanol–water partition coefficient (Wildman–Crippen LogP) is 4.87. The fourth-order valence-corrected chi connectivity index (χ4v) is 3.35. The highest BCUT2D eigenvalue weighted by Gasteiger charge is 2.40. The van der Waals surface area contributed by atoms with Crippen molar-refractivity contribution in [3.63, 3.8) is 0 Å².